The molecule has 3 heteroatoms. The van der Waals surface area contributed by atoms with Crippen LogP contribution in [0.4, 0.5) is 4.39 Å². The van der Waals surface area contributed by atoms with Crippen molar-refractivity contribution in [2.75, 3.05) is 6.54 Å². The molecule has 1 heterocycles. The zero-order chi connectivity index (χ0) is 13.7. The van der Waals surface area contributed by atoms with Crippen molar-refractivity contribution in [2.24, 2.45) is 11.8 Å². The van der Waals surface area contributed by atoms with Crippen molar-refractivity contribution in [1.29, 1.82) is 0 Å². The minimum atomic E-state index is -0.232. The van der Waals surface area contributed by atoms with Gasteiger partial charge in [-0.15, -0.1) is 0 Å². The third kappa shape index (κ3) is 4.00. The van der Waals surface area contributed by atoms with Crippen molar-refractivity contribution >= 4 is 0 Å². The van der Waals surface area contributed by atoms with Crippen molar-refractivity contribution < 1.29 is 4.39 Å². The second kappa shape index (κ2) is 6.99. The van der Waals surface area contributed by atoms with E-state index in [9.17, 15) is 4.39 Å². The van der Waals surface area contributed by atoms with E-state index in [-0.39, 0.29) is 11.9 Å². The van der Waals surface area contributed by atoms with Crippen LogP contribution < -0.4 is 5.32 Å². The predicted octanol–water partition coefficient (Wildman–Crippen LogP) is 4.09. The standard InChI is InChI=1S/C16H25FN2/c1-3-8-19-16(13-6-4-12(2)5-7-13)14-9-15(17)11-18-10-14/h9-13,16,19H,3-8H2,1-2H3. The van der Waals surface area contributed by atoms with Crippen molar-refractivity contribution in [3.63, 3.8) is 0 Å². The molecule has 0 amide bonds. The van der Waals surface area contributed by atoms with Crippen LogP contribution in [-0.4, -0.2) is 11.5 Å². The van der Waals surface area contributed by atoms with Gasteiger partial charge < -0.3 is 5.32 Å². The number of nitrogens with zero attached hydrogens (tertiary/aromatic N) is 1. The Balaban J connectivity index is 2.11. The Morgan fingerprint density at radius 2 is 2.05 bits per heavy atom. The largest absolute Gasteiger partial charge is 0.310 e. The number of halogens is 1. The van der Waals surface area contributed by atoms with Gasteiger partial charge in [0.2, 0.25) is 0 Å². The predicted molar refractivity (Wildman–Crippen MR) is 76.4 cm³/mol. The summed E-state index contributed by atoms with van der Waals surface area (Å²) in [5.41, 5.74) is 1.01. The van der Waals surface area contributed by atoms with Crippen LogP contribution in [-0.2, 0) is 0 Å². The first-order valence-corrected chi connectivity index (χ1v) is 7.54. The highest BCUT2D eigenvalue weighted by molar-refractivity contribution is 5.16. The van der Waals surface area contributed by atoms with Gasteiger partial charge >= 0.3 is 0 Å². The van der Waals surface area contributed by atoms with Gasteiger partial charge in [0.25, 0.3) is 0 Å². The van der Waals surface area contributed by atoms with E-state index in [0.29, 0.717) is 5.92 Å². The SMILES string of the molecule is CCCNC(c1cncc(F)c1)C1CCC(C)CC1. The molecule has 19 heavy (non-hydrogen) atoms. The smallest absolute Gasteiger partial charge is 0.141 e. The van der Waals surface area contributed by atoms with Gasteiger partial charge in [-0.3, -0.25) is 4.98 Å². The topological polar surface area (TPSA) is 24.9 Å². The highest BCUT2D eigenvalue weighted by Crippen LogP contribution is 2.36. The normalized spacial score (nSPS) is 25.2. The van der Waals surface area contributed by atoms with Crippen molar-refractivity contribution in [2.45, 2.75) is 52.0 Å². The average molecular weight is 264 g/mol. The summed E-state index contributed by atoms with van der Waals surface area (Å²) in [6.07, 6.45) is 9.24. The summed E-state index contributed by atoms with van der Waals surface area (Å²) in [6, 6.07) is 1.90. The van der Waals surface area contributed by atoms with Crippen molar-refractivity contribution in [3.8, 4) is 0 Å². The summed E-state index contributed by atoms with van der Waals surface area (Å²) in [5.74, 6) is 1.23. The van der Waals surface area contributed by atoms with Crippen molar-refractivity contribution in [1.82, 2.24) is 10.3 Å². The molecule has 1 unspecified atom stereocenters. The van der Waals surface area contributed by atoms with Gasteiger partial charge in [-0.05, 0) is 49.3 Å². The maximum Gasteiger partial charge on any atom is 0.141 e. The zero-order valence-electron chi connectivity index (χ0n) is 12.0. The van der Waals surface area contributed by atoms with Crippen LogP contribution in [0.15, 0.2) is 18.5 Å². The van der Waals surface area contributed by atoms with Crippen LogP contribution in [0, 0.1) is 17.7 Å². The molecule has 1 saturated carbocycles. The molecule has 1 aromatic heterocycles. The van der Waals surface area contributed by atoms with E-state index in [1.807, 2.05) is 6.20 Å². The second-order valence-corrected chi connectivity index (χ2v) is 5.89. The molecular weight excluding hydrogens is 239 g/mol. The van der Waals surface area contributed by atoms with Gasteiger partial charge in [-0.1, -0.05) is 26.7 Å². The minimum absolute atomic E-state index is 0.232. The van der Waals surface area contributed by atoms with Crippen LogP contribution in [0.1, 0.15) is 57.6 Å². The second-order valence-electron chi connectivity index (χ2n) is 5.89. The molecular formula is C16H25FN2. The highest BCUT2D eigenvalue weighted by atomic mass is 19.1. The molecule has 0 saturated heterocycles. The molecule has 1 N–H and O–H groups in total. The van der Waals surface area contributed by atoms with E-state index in [0.717, 1.165) is 24.4 Å². The number of pyridine rings is 1. The Morgan fingerprint density at radius 1 is 1.32 bits per heavy atom. The third-order valence-corrected chi connectivity index (χ3v) is 4.23. The van der Waals surface area contributed by atoms with Crippen LogP contribution in [0.2, 0.25) is 0 Å². The number of nitrogens with one attached hydrogen (secondary N) is 1. The maximum atomic E-state index is 13.4. The van der Waals surface area contributed by atoms with Gasteiger partial charge in [-0.2, -0.15) is 0 Å². The molecule has 106 valence electrons. The first kappa shape index (κ1) is 14.4. The fourth-order valence-electron chi connectivity index (χ4n) is 3.07. The Kier molecular flexibility index (Phi) is 5.32. The molecule has 1 aromatic rings. The summed E-state index contributed by atoms with van der Waals surface area (Å²) >= 11 is 0. The lowest BCUT2D eigenvalue weighted by molar-refractivity contribution is 0.231. The number of aromatic nitrogens is 1. The highest BCUT2D eigenvalue weighted by Gasteiger charge is 2.27. The summed E-state index contributed by atoms with van der Waals surface area (Å²) in [5, 5.41) is 3.59. The lowest BCUT2D eigenvalue weighted by Crippen LogP contribution is -2.31. The number of hydrogen-bond donors (Lipinski definition) is 1. The molecule has 1 atom stereocenters. The number of hydrogen-bond acceptors (Lipinski definition) is 2. The fourth-order valence-corrected chi connectivity index (χ4v) is 3.07. The summed E-state index contributed by atoms with van der Waals surface area (Å²) in [7, 11) is 0. The molecule has 0 spiro atoms. The first-order valence-electron chi connectivity index (χ1n) is 7.54. The Labute approximate surface area is 115 Å². The monoisotopic (exact) mass is 264 g/mol. The molecule has 0 radical (unpaired) electrons. The summed E-state index contributed by atoms with van der Waals surface area (Å²) in [4.78, 5) is 4.01. The molecule has 1 aliphatic carbocycles. The molecule has 0 bridgehead atoms. The van der Waals surface area contributed by atoms with E-state index in [2.05, 4.69) is 24.1 Å². The quantitative estimate of drug-likeness (QED) is 0.866. The Bertz CT molecular complexity index is 386. The third-order valence-electron chi connectivity index (χ3n) is 4.23. The summed E-state index contributed by atoms with van der Waals surface area (Å²) in [6.45, 7) is 5.47. The van der Waals surface area contributed by atoms with Gasteiger partial charge in [0.15, 0.2) is 0 Å². The molecule has 1 aliphatic rings. The van der Waals surface area contributed by atoms with Crippen LogP contribution in [0.25, 0.3) is 0 Å². The zero-order valence-corrected chi connectivity index (χ0v) is 12.0. The van der Waals surface area contributed by atoms with Gasteiger partial charge in [0.05, 0.1) is 6.20 Å². The minimum Gasteiger partial charge on any atom is -0.310 e. The van der Waals surface area contributed by atoms with Gasteiger partial charge in [-0.25, -0.2) is 4.39 Å². The molecule has 0 aliphatic heterocycles. The Morgan fingerprint density at radius 3 is 2.68 bits per heavy atom. The lowest BCUT2D eigenvalue weighted by Gasteiger charge is -2.33. The van der Waals surface area contributed by atoms with E-state index in [4.69, 9.17) is 0 Å². The molecule has 0 aromatic carbocycles. The van der Waals surface area contributed by atoms with Crippen LogP contribution in [0.5, 0.6) is 0 Å². The molecule has 2 nitrogen and oxygen atoms in total. The maximum absolute atomic E-state index is 13.4. The van der Waals surface area contributed by atoms with Crippen LogP contribution >= 0.6 is 0 Å². The number of rotatable bonds is 5. The molecule has 1 fully saturated rings. The van der Waals surface area contributed by atoms with E-state index in [1.54, 1.807) is 6.07 Å². The fraction of sp³-hybridized carbons (Fsp3) is 0.688. The van der Waals surface area contributed by atoms with E-state index in [1.165, 1.54) is 31.9 Å². The van der Waals surface area contributed by atoms with E-state index < -0.39 is 0 Å². The van der Waals surface area contributed by atoms with E-state index >= 15 is 0 Å². The molecule has 2 rings (SSSR count). The lowest BCUT2D eigenvalue weighted by atomic mass is 9.77. The van der Waals surface area contributed by atoms with Gasteiger partial charge in [0, 0.05) is 12.2 Å². The average Bonchev–Trinajstić information content (AvgIpc) is 2.41. The van der Waals surface area contributed by atoms with Crippen molar-refractivity contribution in [3.05, 3.63) is 29.8 Å². The first-order chi connectivity index (χ1) is 9.20. The summed E-state index contributed by atoms with van der Waals surface area (Å²) < 4.78 is 13.4. The van der Waals surface area contributed by atoms with Crippen LogP contribution in [0.3, 0.4) is 0 Å². The van der Waals surface area contributed by atoms with Gasteiger partial charge in [0.1, 0.15) is 5.82 Å². The Hall–Kier alpha value is -0.960.